The first kappa shape index (κ1) is 24.8. The molecule has 0 aromatic carbocycles. The Bertz CT molecular complexity index is 512. The number of carboxylic acid groups (broad SMARTS) is 2. The Hall–Kier alpha value is -2.20. The zero-order chi connectivity index (χ0) is 21.0. The van der Waals surface area contributed by atoms with Gasteiger partial charge in [-0.15, -0.1) is 0 Å². The molecule has 0 aliphatic rings. The number of aliphatic carboxylic acids is 2. The number of hydrogen-bond donors (Lipinski definition) is 6. The smallest absolute Gasteiger partial charge is 0.326 e. The topological polar surface area (TPSA) is 185 Å². The zero-order valence-electron chi connectivity index (χ0n) is 15.9. The van der Waals surface area contributed by atoms with Crippen molar-refractivity contribution in [1.82, 2.24) is 10.6 Å². The van der Waals surface area contributed by atoms with Crippen molar-refractivity contribution in [3.63, 3.8) is 0 Å². The fraction of sp³-hybridized carbons (Fsp3) is 0.765. The third kappa shape index (κ3) is 11.2. The van der Waals surface area contributed by atoms with Crippen LogP contribution in [0.3, 0.4) is 0 Å². The van der Waals surface area contributed by atoms with Crippen molar-refractivity contribution in [2.24, 2.45) is 17.4 Å². The van der Waals surface area contributed by atoms with Crippen LogP contribution in [-0.2, 0) is 19.2 Å². The van der Waals surface area contributed by atoms with E-state index in [4.69, 9.17) is 16.6 Å². The van der Waals surface area contributed by atoms with Crippen LogP contribution in [0.1, 0.15) is 52.4 Å². The summed E-state index contributed by atoms with van der Waals surface area (Å²) in [6.07, 6.45) is 1.18. The minimum Gasteiger partial charge on any atom is -0.481 e. The monoisotopic (exact) mass is 388 g/mol. The van der Waals surface area contributed by atoms with Gasteiger partial charge in [-0.2, -0.15) is 0 Å². The van der Waals surface area contributed by atoms with E-state index in [2.05, 4.69) is 10.6 Å². The van der Waals surface area contributed by atoms with E-state index in [0.29, 0.717) is 25.8 Å². The summed E-state index contributed by atoms with van der Waals surface area (Å²) in [6, 6.07) is -3.16. The second-order valence-corrected chi connectivity index (χ2v) is 6.91. The van der Waals surface area contributed by atoms with E-state index in [0.717, 1.165) is 0 Å². The molecule has 0 spiro atoms. The van der Waals surface area contributed by atoms with Gasteiger partial charge in [0.15, 0.2) is 0 Å². The van der Waals surface area contributed by atoms with Gasteiger partial charge in [-0.1, -0.05) is 13.8 Å². The fourth-order valence-electron chi connectivity index (χ4n) is 2.45. The molecule has 27 heavy (non-hydrogen) atoms. The molecule has 8 N–H and O–H groups in total. The van der Waals surface area contributed by atoms with Crippen LogP contribution in [-0.4, -0.2) is 58.6 Å². The highest BCUT2D eigenvalue weighted by Gasteiger charge is 2.28. The fourth-order valence-corrected chi connectivity index (χ4v) is 2.45. The molecule has 10 heteroatoms. The molecule has 0 unspecified atom stereocenters. The summed E-state index contributed by atoms with van der Waals surface area (Å²) >= 11 is 0. The second-order valence-electron chi connectivity index (χ2n) is 6.91. The molecule has 0 saturated heterocycles. The van der Waals surface area contributed by atoms with Crippen molar-refractivity contribution in [2.75, 3.05) is 6.54 Å². The van der Waals surface area contributed by atoms with Gasteiger partial charge in [-0.05, 0) is 44.6 Å². The lowest BCUT2D eigenvalue weighted by Gasteiger charge is -2.23. The molecule has 0 fully saturated rings. The highest BCUT2D eigenvalue weighted by atomic mass is 16.4. The predicted octanol–water partition coefficient (Wildman–Crippen LogP) is -0.592. The Morgan fingerprint density at radius 1 is 0.926 bits per heavy atom. The summed E-state index contributed by atoms with van der Waals surface area (Å²) in [6.45, 7) is 4.19. The number of nitrogens with two attached hydrogens (primary N) is 2. The minimum absolute atomic E-state index is 0.163. The lowest BCUT2D eigenvalue weighted by atomic mass is 10.0. The van der Waals surface area contributed by atoms with Crippen LogP contribution < -0.4 is 22.1 Å². The maximum atomic E-state index is 12.4. The van der Waals surface area contributed by atoms with Crippen LogP contribution in [0.4, 0.5) is 0 Å². The molecule has 0 radical (unpaired) electrons. The van der Waals surface area contributed by atoms with Crippen LogP contribution in [0.2, 0.25) is 0 Å². The van der Waals surface area contributed by atoms with Crippen LogP contribution >= 0.6 is 0 Å². The molecular formula is C17H32N4O6. The van der Waals surface area contributed by atoms with Crippen LogP contribution in [0.15, 0.2) is 0 Å². The number of carbonyl (C=O) groups is 4. The van der Waals surface area contributed by atoms with Gasteiger partial charge in [-0.25, -0.2) is 4.79 Å². The van der Waals surface area contributed by atoms with Gasteiger partial charge in [0.25, 0.3) is 0 Å². The third-order valence-corrected chi connectivity index (χ3v) is 3.90. The van der Waals surface area contributed by atoms with E-state index >= 15 is 0 Å². The first-order valence-electron chi connectivity index (χ1n) is 9.09. The van der Waals surface area contributed by atoms with Crippen molar-refractivity contribution >= 4 is 23.8 Å². The number of hydrogen-bond acceptors (Lipinski definition) is 6. The van der Waals surface area contributed by atoms with Gasteiger partial charge in [0.05, 0.1) is 6.04 Å². The van der Waals surface area contributed by atoms with E-state index < -0.39 is 41.9 Å². The van der Waals surface area contributed by atoms with Crippen molar-refractivity contribution in [1.29, 1.82) is 0 Å². The van der Waals surface area contributed by atoms with E-state index in [-0.39, 0.29) is 25.2 Å². The van der Waals surface area contributed by atoms with Gasteiger partial charge in [0.1, 0.15) is 12.1 Å². The summed E-state index contributed by atoms with van der Waals surface area (Å²) < 4.78 is 0. The molecule has 0 saturated carbocycles. The predicted molar refractivity (Wildman–Crippen MR) is 98.7 cm³/mol. The van der Waals surface area contributed by atoms with Crippen molar-refractivity contribution in [2.45, 2.75) is 70.5 Å². The summed E-state index contributed by atoms with van der Waals surface area (Å²) in [4.78, 5) is 46.8. The Morgan fingerprint density at radius 2 is 1.52 bits per heavy atom. The SMILES string of the molecule is CC(C)C[C@@H](N)C(=O)N[C@@H](CCC(=O)O)C(=O)N[C@@H](CCCCN)C(=O)O. The Balaban J connectivity index is 5.01. The Morgan fingerprint density at radius 3 is 2.00 bits per heavy atom. The molecule has 0 rings (SSSR count). The molecule has 3 atom stereocenters. The van der Waals surface area contributed by atoms with Crippen molar-refractivity contribution in [3.8, 4) is 0 Å². The number of rotatable bonds is 14. The summed E-state index contributed by atoms with van der Waals surface area (Å²) in [5.74, 6) is -3.51. The standard InChI is InChI=1S/C17H32N4O6/c1-10(2)9-11(19)15(24)20-12(6-7-14(22)23)16(25)21-13(17(26)27)5-3-4-8-18/h10-13H,3-9,18-19H2,1-2H3,(H,20,24)(H,21,25)(H,22,23)(H,26,27)/t11-,12+,13+/m1/s1. The molecule has 0 aliphatic heterocycles. The van der Waals surface area contributed by atoms with Crippen LogP contribution in [0.5, 0.6) is 0 Å². The molecule has 10 nitrogen and oxygen atoms in total. The van der Waals surface area contributed by atoms with E-state index in [9.17, 15) is 24.3 Å². The van der Waals surface area contributed by atoms with Crippen molar-refractivity contribution < 1.29 is 29.4 Å². The maximum Gasteiger partial charge on any atom is 0.326 e. The normalized spacial score (nSPS) is 14.3. The maximum absolute atomic E-state index is 12.4. The highest BCUT2D eigenvalue weighted by Crippen LogP contribution is 2.06. The average molecular weight is 388 g/mol. The third-order valence-electron chi connectivity index (χ3n) is 3.90. The van der Waals surface area contributed by atoms with Crippen LogP contribution in [0, 0.1) is 5.92 Å². The number of carbonyl (C=O) groups excluding carboxylic acids is 2. The Kier molecular flexibility index (Phi) is 12.0. The molecule has 0 heterocycles. The first-order chi connectivity index (χ1) is 12.6. The van der Waals surface area contributed by atoms with Gasteiger partial charge in [0, 0.05) is 6.42 Å². The van der Waals surface area contributed by atoms with E-state index in [1.807, 2.05) is 13.8 Å². The van der Waals surface area contributed by atoms with E-state index in [1.165, 1.54) is 0 Å². The van der Waals surface area contributed by atoms with Gasteiger partial charge >= 0.3 is 11.9 Å². The molecule has 2 amide bonds. The first-order valence-corrected chi connectivity index (χ1v) is 9.09. The zero-order valence-corrected chi connectivity index (χ0v) is 15.9. The van der Waals surface area contributed by atoms with Gasteiger partial charge in [0.2, 0.25) is 11.8 Å². The number of nitrogens with one attached hydrogen (secondary N) is 2. The molecule has 0 aliphatic carbocycles. The molecule has 156 valence electrons. The molecule has 0 bridgehead atoms. The average Bonchev–Trinajstić information content (AvgIpc) is 2.56. The highest BCUT2D eigenvalue weighted by molar-refractivity contribution is 5.92. The number of carboxylic acids is 2. The lowest BCUT2D eigenvalue weighted by molar-refractivity contribution is -0.143. The quantitative estimate of drug-likeness (QED) is 0.213. The summed E-state index contributed by atoms with van der Waals surface area (Å²) in [5.41, 5.74) is 11.2. The Labute approximate surface area is 159 Å². The van der Waals surface area contributed by atoms with Crippen molar-refractivity contribution in [3.05, 3.63) is 0 Å². The van der Waals surface area contributed by atoms with E-state index in [1.54, 1.807) is 0 Å². The van der Waals surface area contributed by atoms with Crippen LogP contribution in [0.25, 0.3) is 0 Å². The summed E-state index contributed by atoms with van der Waals surface area (Å²) in [7, 11) is 0. The summed E-state index contributed by atoms with van der Waals surface area (Å²) in [5, 5.41) is 22.9. The van der Waals surface area contributed by atoms with Gasteiger partial charge < -0.3 is 32.3 Å². The number of amides is 2. The lowest BCUT2D eigenvalue weighted by Crippen LogP contribution is -2.54. The molecule has 0 aromatic rings. The largest absolute Gasteiger partial charge is 0.481 e. The molecule has 0 aromatic heterocycles. The second kappa shape index (κ2) is 13.0. The molecular weight excluding hydrogens is 356 g/mol. The number of unbranched alkanes of at least 4 members (excludes halogenated alkanes) is 1. The minimum atomic E-state index is -1.21. The van der Waals surface area contributed by atoms with Gasteiger partial charge in [-0.3, -0.25) is 14.4 Å².